The summed E-state index contributed by atoms with van der Waals surface area (Å²) in [7, 11) is 6.88. The highest BCUT2D eigenvalue weighted by molar-refractivity contribution is 5.82. The number of hydrogen-bond donors (Lipinski definition) is 3. The van der Waals surface area contributed by atoms with Crippen molar-refractivity contribution in [3.63, 3.8) is 0 Å². The molecule has 0 amide bonds. The molecule has 2 fully saturated rings. The van der Waals surface area contributed by atoms with Gasteiger partial charge in [-0.1, -0.05) is 58.1 Å². The maximum absolute atomic E-state index is 13.3. The molecule has 0 saturated carbocycles. The summed E-state index contributed by atoms with van der Waals surface area (Å²) in [5.74, 6) is -1.27. The molecule has 12 nitrogen and oxygen atoms in total. The molecule has 0 aromatic heterocycles. The number of ether oxygens (including phenoxy) is 7. The van der Waals surface area contributed by atoms with E-state index in [1.807, 2.05) is 58.8 Å². The van der Waals surface area contributed by atoms with Crippen LogP contribution in [-0.2, 0) is 38.0 Å². The number of esters is 1. The normalized spacial score (nSPS) is 45.1. The summed E-state index contributed by atoms with van der Waals surface area (Å²) in [5.41, 5.74) is 0. The average Bonchev–Trinajstić information content (AvgIpc) is 3.06. The number of aliphatic hydroxyl groups is 3. The second-order valence-electron chi connectivity index (χ2n) is 14.3. The van der Waals surface area contributed by atoms with E-state index in [4.69, 9.17) is 33.2 Å². The van der Waals surface area contributed by atoms with Gasteiger partial charge in [0.05, 0.1) is 31.0 Å². The van der Waals surface area contributed by atoms with Gasteiger partial charge in [0.15, 0.2) is 12.6 Å². The first-order chi connectivity index (χ1) is 23.2. The Labute approximate surface area is 293 Å². The Balaban J connectivity index is 1.85. The van der Waals surface area contributed by atoms with Gasteiger partial charge in [0.25, 0.3) is 0 Å². The predicted octanol–water partition coefficient (Wildman–Crippen LogP) is 3.23. The van der Waals surface area contributed by atoms with Gasteiger partial charge in [-0.25, -0.2) is 4.79 Å². The molecule has 2 saturated heterocycles. The van der Waals surface area contributed by atoms with E-state index >= 15 is 0 Å². The fraction of sp³-hybridized carbons (Fsp3) is 0.811. The van der Waals surface area contributed by atoms with Gasteiger partial charge in [-0.3, -0.25) is 0 Å². The SMILES string of the molecule is CC[C@H]1OC(=O)/C=C/[C@H](C)[C@@H](O[C@@H]2O[C@H](C)C[C@H](N(C)C)[C@H]2O)[C@@H](C)C[C@@H](C)C(O)/C=C/C=C/[C@@H]1CO[C@@H]1O[C@H](C)[C@@H](O)[C@@H](OC)[C@H]1OC. The third kappa shape index (κ3) is 11.4. The molecule has 3 rings (SSSR count). The number of allylic oxidation sites excluding steroid dienone is 2. The number of hydrogen-bond acceptors (Lipinski definition) is 12. The van der Waals surface area contributed by atoms with Gasteiger partial charge in [0.1, 0.15) is 30.5 Å². The van der Waals surface area contributed by atoms with Crippen LogP contribution in [0, 0.1) is 23.7 Å². The highest BCUT2D eigenvalue weighted by Gasteiger charge is 2.45. The van der Waals surface area contributed by atoms with E-state index in [1.54, 1.807) is 25.2 Å². The first-order valence-electron chi connectivity index (χ1n) is 17.8. The maximum Gasteiger partial charge on any atom is 0.330 e. The van der Waals surface area contributed by atoms with Gasteiger partial charge in [-0.2, -0.15) is 0 Å². The Morgan fingerprint density at radius 1 is 0.837 bits per heavy atom. The molecule has 0 spiro atoms. The number of nitrogens with zero attached hydrogens (tertiary/aromatic N) is 1. The lowest BCUT2D eigenvalue weighted by Crippen LogP contribution is -2.59. The van der Waals surface area contributed by atoms with E-state index in [2.05, 4.69) is 6.92 Å². The van der Waals surface area contributed by atoms with Crippen molar-refractivity contribution in [2.75, 3.05) is 34.9 Å². The van der Waals surface area contributed by atoms with E-state index < -0.39 is 67.4 Å². The van der Waals surface area contributed by atoms with Crippen molar-refractivity contribution in [1.29, 1.82) is 0 Å². The van der Waals surface area contributed by atoms with Crippen LogP contribution in [-0.4, -0.2) is 135 Å². The fourth-order valence-electron chi connectivity index (χ4n) is 7.15. The van der Waals surface area contributed by atoms with E-state index in [1.165, 1.54) is 20.3 Å². The number of rotatable bonds is 9. The molecule has 282 valence electrons. The van der Waals surface area contributed by atoms with Crippen molar-refractivity contribution in [2.24, 2.45) is 23.7 Å². The Kier molecular flexibility index (Phi) is 16.8. The molecule has 12 heteroatoms. The minimum absolute atomic E-state index is 0.0487. The molecule has 0 bridgehead atoms. The van der Waals surface area contributed by atoms with E-state index in [0.717, 1.165) is 0 Å². The molecule has 3 aliphatic heterocycles. The number of aliphatic hydroxyl groups excluding tert-OH is 3. The number of likely N-dealkylation sites (N-methyl/N-ethyl adjacent to an activating group) is 1. The van der Waals surface area contributed by atoms with Crippen LogP contribution in [0.5, 0.6) is 0 Å². The molecular weight excluding hydrogens is 634 g/mol. The number of cyclic esters (lactones) is 1. The number of methoxy groups -OCH3 is 2. The van der Waals surface area contributed by atoms with Crippen molar-refractivity contribution < 1.29 is 53.3 Å². The van der Waals surface area contributed by atoms with Crippen LogP contribution in [0.15, 0.2) is 36.5 Å². The second kappa shape index (κ2) is 19.8. The van der Waals surface area contributed by atoms with Gasteiger partial charge in [-0.05, 0) is 59.0 Å². The summed E-state index contributed by atoms with van der Waals surface area (Å²) in [6.07, 6.45) is 5.23. The summed E-state index contributed by atoms with van der Waals surface area (Å²) < 4.78 is 41.9. The van der Waals surface area contributed by atoms with Crippen LogP contribution in [0.2, 0.25) is 0 Å². The topological polar surface area (TPSA) is 146 Å². The zero-order valence-corrected chi connectivity index (χ0v) is 31.1. The average molecular weight is 698 g/mol. The van der Waals surface area contributed by atoms with Crippen LogP contribution < -0.4 is 0 Å². The molecule has 3 aliphatic rings. The highest BCUT2D eigenvalue weighted by Crippen LogP contribution is 2.32. The third-order valence-electron chi connectivity index (χ3n) is 10.2. The Morgan fingerprint density at radius 2 is 1.51 bits per heavy atom. The van der Waals surface area contributed by atoms with Gasteiger partial charge in [0.2, 0.25) is 0 Å². The predicted molar refractivity (Wildman–Crippen MR) is 184 cm³/mol. The maximum atomic E-state index is 13.3. The van der Waals surface area contributed by atoms with Crippen molar-refractivity contribution in [3.05, 3.63) is 36.5 Å². The third-order valence-corrected chi connectivity index (χ3v) is 10.2. The van der Waals surface area contributed by atoms with Crippen molar-refractivity contribution in [1.82, 2.24) is 4.90 Å². The van der Waals surface area contributed by atoms with Gasteiger partial charge >= 0.3 is 5.97 Å². The molecule has 16 atom stereocenters. The Hall–Kier alpha value is -1.71. The Morgan fingerprint density at radius 3 is 2.14 bits per heavy atom. The monoisotopic (exact) mass is 697 g/mol. The lowest BCUT2D eigenvalue weighted by molar-refractivity contribution is -0.304. The highest BCUT2D eigenvalue weighted by atomic mass is 16.7. The van der Waals surface area contributed by atoms with Crippen molar-refractivity contribution in [3.8, 4) is 0 Å². The van der Waals surface area contributed by atoms with Gasteiger partial charge < -0.3 is 53.4 Å². The van der Waals surface area contributed by atoms with E-state index in [-0.39, 0.29) is 42.4 Å². The molecule has 3 N–H and O–H groups in total. The van der Waals surface area contributed by atoms with Crippen molar-refractivity contribution >= 4 is 5.97 Å². The zero-order valence-electron chi connectivity index (χ0n) is 31.1. The fourth-order valence-corrected chi connectivity index (χ4v) is 7.15. The smallest absolute Gasteiger partial charge is 0.330 e. The summed E-state index contributed by atoms with van der Waals surface area (Å²) in [5, 5.41) is 32.8. The van der Waals surface area contributed by atoms with Crippen LogP contribution in [0.4, 0.5) is 0 Å². The largest absolute Gasteiger partial charge is 0.459 e. The summed E-state index contributed by atoms with van der Waals surface area (Å²) in [6, 6.07) is -0.126. The lowest BCUT2D eigenvalue weighted by Gasteiger charge is -2.43. The Bertz CT molecular complexity index is 1080. The first-order valence-corrected chi connectivity index (χ1v) is 17.8. The molecule has 0 aliphatic carbocycles. The van der Waals surface area contributed by atoms with Crippen LogP contribution >= 0.6 is 0 Å². The zero-order chi connectivity index (χ0) is 36.4. The molecule has 3 heterocycles. The second-order valence-corrected chi connectivity index (χ2v) is 14.3. The standard InChI is InChI=1S/C37H63NO11/c1-11-29-26(20-45-37-35(44-10)34(43-9)31(41)25(6)47-37)14-12-13-15-28(39)22(3)18-23(4)33(21(2)16-17-30(40)48-29)49-36-32(42)27(38(7)8)19-24(5)46-36/h12-17,21-29,31-37,39,41-42H,11,18-20H2,1-10H3/b14-12+,15-13+,17-16+/t21-,22+,23-,24+,25+,26+,27-,28?,29+,31+,32+,33+,34+,35+,36-,37+/m0/s1. The van der Waals surface area contributed by atoms with E-state index in [0.29, 0.717) is 19.3 Å². The van der Waals surface area contributed by atoms with Crippen LogP contribution in [0.3, 0.4) is 0 Å². The molecular formula is C37H63NO11. The van der Waals surface area contributed by atoms with Gasteiger partial charge in [0, 0.05) is 38.2 Å². The molecule has 49 heavy (non-hydrogen) atoms. The quantitative estimate of drug-likeness (QED) is 0.304. The lowest BCUT2D eigenvalue weighted by atomic mass is 9.84. The number of carbonyl (C=O) groups is 1. The molecule has 0 radical (unpaired) electrons. The summed E-state index contributed by atoms with van der Waals surface area (Å²) >= 11 is 0. The summed E-state index contributed by atoms with van der Waals surface area (Å²) in [4.78, 5) is 15.3. The molecule has 1 unspecified atom stereocenters. The van der Waals surface area contributed by atoms with E-state index in [9.17, 15) is 20.1 Å². The minimum atomic E-state index is -0.887. The molecule has 0 aromatic rings. The van der Waals surface area contributed by atoms with Crippen LogP contribution in [0.25, 0.3) is 0 Å². The van der Waals surface area contributed by atoms with Gasteiger partial charge in [-0.15, -0.1) is 0 Å². The number of carbonyl (C=O) groups excluding carboxylic acids is 1. The summed E-state index contributed by atoms with van der Waals surface area (Å²) in [6.45, 7) is 11.8. The van der Waals surface area contributed by atoms with Crippen LogP contribution in [0.1, 0.15) is 60.8 Å². The van der Waals surface area contributed by atoms with Crippen molar-refractivity contribution in [2.45, 2.75) is 134 Å². The minimum Gasteiger partial charge on any atom is -0.459 e. The molecule has 0 aromatic carbocycles. The first kappa shape index (κ1) is 41.7.